The molecule has 24 heavy (non-hydrogen) atoms. The molecule has 1 atom stereocenters. The Bertz CT molecular complexity index is 807. The molecule has 0 unspecified atom stereocenters. The van der Waals surface area contributed by atoms with Crippen molar-refractivity contribution in [1.82, 2.24) is 5.32 Å². The lowest BCUT2D eigenvalue weighted by Crippen LogP contribution is -2.34. The summed E-state index contributed by atoms with van der Waals surface area (Å²) in [5.41, 5.74) is 1.95. The number of hydrogen-bond donors (Lipinski definition) is 1. The second-order valence-corrected chi connectivity index (χ2v) is 6.49. The largest absolute Gasteiger partial charge is 0.461 e. The van der Waals surface area contributed by atoms with Crippen molar-refractivity contribution in [1.29, 1.82) is 0 Å². The minimum Gasteiger partial charge on any atom is -0.461 e. The number of nitrogens with one attached hydrogen (secondary N) is 1. The highest BCUT2D eigenvalue weighted by atomic mass is 35.5. The lowest BCUT2D eigenvalue weighted by atomic mass is 10.1. The van der Waals surface area contributed by atoms with E-state index in [4.69, 9.17) is 16.0 Å². The molecule has 0 radical (unpaired) electrons. The molecule has 0 spiro atoms. The first-order valence-corrected chi connectivity index (χ1v) is 8.49. The van der Waals surface area contributed by atoms with Gasteiger partial charge in [-0.2, -0.15) is 0 Å². The highest BCUT2D eigenvalue weighted by molar-refractivity contribution is 6.30. The molecule has 2 aromatic carbocycles. The van der Waals surface area contributed by atoms with Crippen LogP contribution in [-0.2, 0) is 17.6 Å². The second-order valence-electron chi connectivity index (χ2n) is 6.05. The van der Waals surface area contributed by atoms with E-state index >= 15 is 0 Å². The molecule has 1 aromatic heterocycles. The number of furan rings is 1. The fourth-order valence-corrected chi connectivity index (χ4v) is 3.00. The van der Waals surface area contributed by atoms with E-state index in [0.717, 1.165) is 22.3 Å². The normalized spacial score (nSPS) is 12.2. The van der Waals surface area contributed by atoms with Crippen molar-refractivity contribution in [2.75, 3.05) is 0 Å². The quantitative estimate of drug-likeness (QED) is 0.702. The monoisotopic (exact) mass is 341 g/mol. The lowest BCUT2D eigenvalue weighted by Gasteiger charge is -2.12. The maximum atomic E-state index is 12.1. The van der Waals surface area contributed by atoms with Gasteiger partial charge in [0.05, 0.1) is 0 Å². The Labute approximate surface area is 146 Å². The number of amides is 1. The fraction of sp³-hybridized carbons (Fsp3) is 0.250. The maximum absolute atomic E-state index is 12.1. The first-order valence-electron chi connectivity index (χ1n) is 8.11. The minimum absolute atomic E-state index is 0.0254. The standard InChI is InChI=1S/C20H20ClNO2/c1-14(11-18-13-16-6-2-3-8-19(16)24-18)22-20(23)10-9-15-5-4-7-17(21)12-15/h2-8,12-14H,9-11H2,1H3,(H,22,23)/t14-/m0/s1. The molecule has 3 rings (SSSR count). The Balaban J connectivity index is 1.50. The predicted molar refractivity (Wildman–Crippen MR) is 97.3 cm³/mol. The third-order valence-corrected chi connectivity index (χ3v) is 4.16. The van der Waals surface area contributed by atoms with E-state index in [1.165, 1.54) is 0 Å². The van der Waals surface area contributed by atoms with Gasteiger partial charge in [-0.25, -0.2) is 0 Å². The van der Waals surface area contributed by atoms with Crippen LogP contribution < -0.4 is 5.32 Å². The third kappa shape index (κ3) is 4.39. The van der Waals surface area contributed by atoms with Crippen molar-refractivity contribution in [3.05, 3.63) is 70.9 Å². The van der Waals surface area contributed by atoms with Crippen LogP contribution in [0.25, 0.3) is 11.0 Å². The van der Waals surface area contributed by atoms with Crippen molar-refractivity contribution in [3.8, 4) is 0 Å². The third-order valence-electron chi connectivity index (χ3n) is 3.92. The maximum Gasteiger partial charge on any atom is 0.220 e. The molecule has 0 saturated heterocycles. The Morgan fingerprint density at radius 2 is 2.00 bits per heavy atom. The van der Waals surface area contributed by atoms with E-state index < -0.39 is 0 Å². The summed E-state index contributed by atoms with van der Waals surface area (Å²) >= 11 is 5.96. The molecule has 124 valence electrons. The van der Waals surface area contributed by atoms with Crippen LogP contribution in [0.4, 0.5) is 0 Å². The van der Waals surface area contributed by atoms with Gasteiger partial charge in [0, 0.05) is 29.3 Å². The highest BCUT2D eigenvalue weighted by Gasteiger charge is 2.11. The summed E-state index contributed by atoms with van der Waals surface area (Å²) in [6.45, 7) is 1.99. The van der Waals surface area contributed by atoms with Crippen molar-refractivity contribution in [3.63, 3.8) is 0 Å². The Hall–Kier alpha value is -2.26. The SMILES string of the molecule is C[C@@H](Cc1cc2ccccc2o1)NC(=O)CCc1cccc(Cl)c1. The van der Waals surface area contributed by atoms with Crippen molar-refractivity contribution in [2.45, 2.75) is 32.2 Å². The number of aryl methyl sites for hydroxylation is 1. The van der Waals surface area contributed by atoms with Crippen LogP contribution in [0.3, 0.4) is 0 Å². The van der Waals surface area contributed by atoms with Crippen LogP contribution in [0.2, 0.25) is 5.02 Å². The van der Waals surface area contributed by atoms with Gasteiger partial charge in [-0.3, -0.25) is 4.79 Å². The Morgan fingerprint density at radius 1 is 1.17 bits per heavy atom. The van der Waals surface area contributed by atoms with E-state index in [1.54, 1.807) is 0 Å². The summed E-state index contributed by atoms with van der Waals surface area (Å²) < 4.78 is 5.80. The zero-order valence-electron chi connectivity index (χ0n) is 13.6. The molecule has 0 aliphatic heterocycles. The Kier molecular flexibility index (Phi) is 5.21. The first-order chi connectivity index (χ1) is 11.6. The van der Waals surface area contributed by atoms with Gasteiger partial charge in [-0.1, -0.05) is 41.9 Å². The summed E-state index contributed by atoms with van der Waals surface area (Å²) in [4.78, 5) is 12.1. The average Bonchev–Trinajstić information content (AvgIpc) is 2.95. The van der Waals surface area contributed by atoms with Crippen LogP contribution in [0.5, 0.6) is 0 Å². The molecule has 3 nitrogen and oxygen atoms in total. The number of fused-ring (bicyclic) bond motifs is 1. The first kappa shape index (κ1) is 16.6. The van der Waals surface area contributed by atoms with Crippen LogP contribution in [0.1, 0.15) is 24.7 Å². The number of rotatable bonds is 6. The van der Waals surface area contributed by atoms with Gasteiger partial charge in [-0.15, -0.1) is 0 Å². The number of benzene rings is 2. The van der Waals surface area contributed by atoms with Gasteiger partial charge in [-0.05, 0) is 43.2 Å². The van der Waals surface area contributed by atoms with Crippen molar-refractivity contribution < 1.29 is 9.21 Å². The van der Waals surface area contributed by atoms with Crippen LogP contribution in [0.15, 0.2) is 59.0 Å². The molecule has 0 aliphatic rings. The van der Waals surface area contributed by atoms with Crippen LogP contribution >= 0.6 is 11.6 Å². The fourth-order valence-electron chi connectivity index (χ4n) is 2.79. The van der Waals surface area contributed by atoms with Crippen LogP contribution in [0, 0.1) is 0 Å². The zero-order chi connectivity index (χ0) is 16.9. The molecule has 1 amide bonds. The number of para-hydroxylation sites is 1. The molecule has 3 aromatic rings. The molecule has 0 bridgehead atoms. The molecule has 0 saturated carbocycles. The number of halogens is 1. The van der Waals surface area contributed by atoms with E-state index in [9.17, 15) is 4.79 Å². The average molecular weight is 342 g/mol. The van der Waals surface area contributed by atoms with Gasteiger partial charge in [0.15, 0.2) is 0 Å². The minimum atomic E-state index is 0.0254. The van der Waals surface area contributed by atoms with E-state index in [2.05, 4.69) is 5.32 Å². The van der Waals surface area contributed by atoms with Gasteiger partial charge in [0.2, 0.25) is 5.91 Å². The van der Waals surface area contributed by atoms with Gasteiger partial charge >= 0.3 is 0 Å². The number of carbonyl (C=O) groups excluding carboxylic acids is 1. The van der Waals surface area contributed by atoms with E-state index in [1.807, 2.05) is 61.5 Å². The second kappa shape index (κ2) is 7.54. The molecule has 1 heterocycles. The van der Waals surface area contributed by atoms with Crippen molar-refractivity contribution >= 4 is 28.5 Å². The lowest BCUT2D eigenvalue weighted by molar-refractivity contribution is -0.121. The van der Waals surface area contributed by atoms with Crippen LogP contribution in [-0.4, -0.2) is 11.9 Å². The predicted octanol–water partition coefficient (Wildman–Crippen LogP) is 4.77. The summed E-state index contributed by atoms with van der Waals surface area (Å²) in [6.07, 6.45) is 1.81. The van der Waals surface area contributed by atoms with Gasteiger partial charge < -0.3 is 9.73 Å². The summed E-state index contributed by atoms with van der Waals surface area (Å²) in [5, 5.41) is 4.82. The topological polar surface area (TPSA) is 42.2 Å². The highest BCUT2D eigenvalue weighted by Crippen LogP contribution is 2.19. The van der Waals surface area contributed by atoms with E-state index in [-0.39, 0.29) is 11.9 Å². The number of hydrogen-bond acceptors (Lipinski definition) is 2. The summed E-state index contributed by atoms with van der Waals surface area (Å²) in [7, 11) is 0. The molecular formula is C20H20ClNO2. The molecule has 1 N–H and O–H groups in total. The van der Waals surface area contributed by atoms with Gasteiger partial charge in [0.25, 0.3) is 0 Å². The molecule has 0 fully saturated rings. The Morgan fingerprint density at radius 3 is 2.79 bits per heavy atom. The van der Waals surface area contributed by atoms with Crippen molar-refractivity contribution in [2.24, 2.45) is 0 Å². The van der Waals surface area contributed by atoms with Gasteiger partial charge in [0.1, 0.15) is 11.3 Å². The zero-order valence-corrected chi connectivity index (χ0v) is 14.3. The smallest absolute Gasteiger partial charge is 0.220 e. The van der Waals surface area contributed by atoms with E-state index in [0.29, 0.717) is 24.3 Å². The summed E-state index contributed by atoms with van der Waals surface area (Å²) in [6, 6.07) is 17.6. The number of carbonyl (C=O) groups is 1. The molecular weight excluding hydrogens is 322 g/mol. The molecule has 0 aliphatic carbocycles. The summed E-state index contributed by atoms with van der Waals surface area (Å²) in [5.74, 6) is 0.928. The molecule has 4 heteroatoms.